The van der Waals surface area contributed by atoms with Crippen LogP contribution in [0.5, 0.6) is 5.75 Å². The van der Waals surface area contributed by atoms with E-state index in [2.05, 4.69) is 28.9 Å². The Morgan fingerprint density at radius 3 is 2.68 bits per heavy atom. The van der Waals surface area contributed by atoms with Crippen molar-refractivity contribution in [1.82, 2.24) is 0 Å². The van der Waals surface area contributed by atoms with Gasteiger partial charge in [0.2, 0.25) is 0 Å². The monoisotopic (exact) mass is 316 g/mol. The summed E-state index contributed by atoms with van der Waals surface area (Å²) < 4.78 is 12.3. The van der Waals surface area contributed by atoms with E-state index in [9.17, 15) is 0 Å². The average Bonchev–Trinajstić information content (AvgIpc) is 2.80. The minimum Gasteiger partial charge on any atom is -0.489 e. The molecule has 0 fully saturated rings. The van der Waals surface area contributed by atoms with Crippen LogP contribution in [0.1, 0.15) is 11.1 Å². The Balaban J connectivity index is 1.81. The fourth-order valence-electron chi connectivity index (χ4n) is 2.00. The molecule has 0 unspecified atom stereocenters. The largest absolute Gasteiger partial charge is 0.489 e. The maximum atomic E-state index is 5.77. The van der Waals surface area contributed by atoms with Gasteiger partial charge in [-0.3, -0.25) is 0 Å². The van der Waals surface area contributed by atoms with E-state index in [-0.39, 0.29) is 0 Å². The lowest BCUT2D eigenvalue weighted by molar-refractivity contribution is 0.306. The van der Waals surface area contributed by atoms with Crippen LogP contribution < -0.4 is 4.74 Å². The summed E-state index contributed by atoms with van der Waals surface area (Å²) in [6.45, 7) is 2.59. The Labute approximate surface area is 120 Å². The van der Waals surface area contributed by atoms with Crippen LogP contribution in [-0.4, -0.2) is 0 Å². The average molecular weight is 317 g/mol. The third-order valence-corrected chi connectivity index (χ3v) is 3.55. The van der Waals surface area contributed by atoms with E-state index in [0.29, 0.717) is 6.61 Å². The first-order valence-corrected chi connectivity index (χ1v) is 6.87. The molecule has 0 aliphatic carbocycles. The number of ether oxygens (including phenoxy) is 1. The molecule has 0 N–H and O–H groups in total. The molecule has 0 spiro atoms. The summed E-state index contributed by atoms with van der Waals surface area (Å²) >= 11 is 3.41. The SMILES string of the molecule is Cc1ccc2occ(COc3ccc(Br)cc3)c2c1. The van der Waals surface area contributed by atoms with E-state index >= 15 is 0 Å². The molecule has 3 heteroatoms. The second-order valence-corrected chi connectivity index (χ2v) is 5.42. The molecule has 0 amide bonds. The summed E-state index contributed by atoms with van der Waals surface area (Å²) in [4.78, 5) is 0. The van der Waals surface area contributed by atoms with Gasteiger partial charge in [0, 0.05) is 15.4 Å². The number of fused-ring (bicyclic) bond motifs is 1. The van der Waals surface area contributed by atoms with Crippen molar-refractivity contribution < 1.29 is 9.15 Å². The molecule has 0 atom stereocenters. The van der Waals surface area contributed by atoms with Crippen LogP contribution in [0.4, 0.5) is 0 Å². The Bertz CT molecular complexity index is 698. The van der Waals surface area contributed by atoms with Gasteiger partial charge >= 0.3 is 0 Å². The summed E-state index contributed by atoms with van der Waals surface area (Å²) in [6, 6.07) is 14.0. The molecule has 0 radical (unpaired) electrons. The maximum Gasteiger partial charge on any atom is 0.134 e. The minimum atomic E-state index is 0.512. The molecular formula is C16H13BrO2. The van der Waals surface area contributed by atoms with Crippen molar-refractivity contribution in [2.24, 2.45) is 0 Å². The molecule has 1 aromatic heterocycles. The van der Waals surface area contributed by atoms with Crippen LogP contribution in [0.25, 0.3) is 11.0 Å². The first kappa shape index (κ1) is 12.3. The van der Waals surface area contributed by atoms with Crippen molar-refractivity contribution in [2.75, 3.05) is 0 Å². The zero-order chi connectivity index (χ0) is 13.2. The standard InChI is InChI=1S/C16H13BrO2/c1-11-2-7-16-15(8-11)12(10-19-16)9-18-14-5-3-13(17)4-6-14/h2-8,10H,9H2,1H3. The molecule has 3 rings (SSSR count). The van der Waals surface area contributed by atoms with Gasteiger partial charge in [0.15, 0.2) is 0 Å². The van der Waals surface area contributed by atoms with E-state index in [1.54, 1.807) is 6.26 Å². The van der Waals surface area contributed by atoms with Gasteiger partial charge in [-0.15, -0.1) is 0 Å². The summed E-state index contributed by atoms with van der Waals surface area (Å²) in [5, 5.41) is 1.12. The summed E-state index contributed by atoms with van der Waals surface area (Å²) in [5.41, 5.74) is 3.19. The predicted molar refractivity (Wildman–Crippen MR) is 79.4 cm³/mol. The Morgan fingerprint density at radius 1 is 1.11 bits per heavy atom. The zero-order valence-corrected chi connectivity index (χ0v) is 12.1. The Morgan fingerprint density at radius 2 is 1.89 bits per heavy atom. The molecule has 96 valence electrons. The molecule has 0 saturated heterocycles. The minimum absolute atomic E-state index is 0.512. The van der Waals surface area contributed by atoms with Gasteiger partial charge in [-0.2, -0.15) is 0 Å². The quantitative estimate of drug-likeness (QED) is 0.672. The number of aryl methyl sites for hydroxylation is 1. The van der Waals surface area contributed by atoms with Crippen LogP contribution >= 0.6 is 15.9 Å². The molecule has 0 aliphatic heterocycles. The van der Waals surface area contributed by atoms with Gasteiger partial charge in [0.1, 0.15) is 17.9 Å². The number of benzene rings is 2. The van der Waals surface area contributed by atoms with Crippen molar-refractivity contribution in [2.45, 2.75) is 13.5 Å². The van der Waals surface area contributed by atoms with Gasteiger partial charge in [-0.1, -0.05) is 27.6 Å². The van der Waals surface area contributed by atoms with E-state index in [1.807, 2.05) is 36.4 Å². The molecule has 0 saturated carbocycles. The zero-order valence-electron chi connectivity index (χ0n) is 10.5. The lowest BCUT2D eigenvalue weighted by atomic mass is 10.1. The van der Waals surface area contributed by atoms with Crippen LogP contribution in [0.3, 0.4) is 0 Å². The summed E-state index contributed by atoms with van der Waals surface area (Å²) in [5.74, 6) is 0.852. The van der Waals surface area contributed by atoms with Crippen LogP contribution in [0, 0.1) is 6.92 Å². The van der Waals surface area contributed by atoms with Gasteiger partial charge in [-0.05, 0) is 43.3 Å². The molecule has 3 aromatic rings. The first-order valence-electron chi connectivity index (χ1n) is 6.07. The van der Waals surface area contributed by atoms with E-state index < -0.39 is 0 Å². The molecule has 0 aliphatic rings. The highest BCUT2D eigenvalue weighted by Crippen LogP contribution is 2.24. The normalized spacial score (nSPS) is 10.8. The smallest absolute Gasteiger partial charge is 0.134 e. The van der Waals surface area contributed by atoms with E-state index in [4.69, 9.17) is 9.15 Å². The molecule has 0 bridgehead atoms. The van der Waals surface area contributed by atoms with Crippen molar-refractivity contribution in [3.63, 3.8) is 0 Å². The molecule has 1 heterocycles. The second-order valence-electron chi connectivity index (χ2n) is 4.50. The van der Waals surface area contributed by atoms with Gasteiger partial charge in [0.05, 0.1) is 6.26 Å². The van der Waals surface area contributed by atoms with Crippen LogP contribution in [0.2, 0.25) is 0 Å². The Kier molecular flexibility index (Phi) is 3.30. The molecule has 2 aromatic carbocycles. The molecule has 19 heavy (non-hydrogen) atoms. The fourth-order valence-corrected chi connectivity index (χ4v) is 2.26. The highest BCUT2D eigenvalue weighted by atomic mass is 79.9. The van der Waals surface area contributed by atoms with Crippen LogP contribution in [0.15, 0.2) is 57.6 Å². The second kappa shape index (κ2) is 5.10. The topological polar surface area (TPSA) is 22.4 Å². The number of hydrogen-bond acceptors (Lipinski definition) is 2. The maximum absolute atomic E-state index is 5.77. The summed E-state index contributed by atoms with van der Waals surface area (Å²) in [7, 11) is 0. The number of halogens is 1. The number of hydrogen-bond donors (Lipinski definition) is 0. The van der Waals surface area contributed by atoms with Crippen LogP contribution in [-0.2, 0) is 6.61 Å². The lowest BCUT2D eigenvalue weighted by Gasteiger charge is -2.05. The predicted octanol–water partition coefficient (Wildman–Crippen LogP) is 5.08. The number of furan rings is 1. The van der Waals surface area contributed by atoms with Crippen molar-refractivity contribution in [3.05, 3.63) is 64.3 Å². The molecular weight excluding hydrogens is 304 g/mol. The lowest BCUT2D eigenvalue weighted by Crippen LogP contribution is -1.94. The van der Waals surface area contributed by atoms with Gasteiger partial charge in [0.25, 0.3) is 0 Å². The fraction of sp³-hybridized carbons (Fsp3) is 0.125. The summed E-state index contributed by atoms with van der Waals surface area (Å²) in [6.07, 6.45) is 1.77. The third kappa shape index (κ3) is 2.66. The Hall–Kier alpha value is -1.74. The van der Waals surface area contributed by atoms with Gasteiger partial charge in [-0.25, -0.2) is 0 Å². The number of rotatable bonds is 3. The van der Waals surface area contributed by atoms with Crippen molar-refractivity contribution in [1.29, 1.82) is 0 Å². The highest BCUT2D eigenvalue weighted by Gasteiger charge is 2.06. The molecule has 2 nitrogen and oxygen atoms in total. The third-order valence-electron chi connectivity index (χ3n) is 3.02. The first-order chi connectivity index (χ1) is 9.22. The van der Waals surface area contributed by atoms with Gasteiger partial charge < -0.3 is 9.15 Å². The van der Waals surface area contributed by atoms with E-state index in [0.717, 1.165) is 26.8 Å². The van der Waals surface area contributed by atoms with E-state index in [1.165, 1.54) is 5.56 Å². The van der Waals surface area contributed by atoms with Crippen molar-refractivity contribution >= 4 is 26.9 Å². The highest BCUT2D eigenvalue weighted by molar-refractivity contribution is 9.10. The van der Waals surface area contributed by atoms with Crippen molar-refractivity contribution in [3.8, 4) is 5.75 Å².